The lowest BCUT2D eigenvalue weighted by atomic mass is 10.2. The third kappa shape index (κ3) is 3.81. The van der Waals surface area contributed by atoms with Gasteiger partial charge in [-0.25, -0.2) is 4.79 Å². The number of ether oxygens (including phenoxy) is 1. The van der Waals surface area contributed by atoms with Crippen molar-refractivity contribution in [3.05, 3.63) is 0 Å². The lowest BCUT2D eigenvalue weighted by molar-refractivity contribution is -0.137. The number of morpholine rings is 1. The zero-order valence-electron chi connectivity index (χ0n) is 11.2. The van der Waals surface area contributed by atoms with Gasteiger partial charge in [0.05, 0.1) is 12.7 Å². The average Bonchev–Trinajstić information content (AvgIpc) is 2.82. The van der Waals surface area contributed by atoms with Crippen molar-refractivity contribution < 1.29 is 19.4 Å². The van der Waals surface area contributed by atoms with Crippen LogP contribution >= 0.6 is 0 Å². The van der Waals surface area contributed by atoms with E-state index in [9.17, 15) is 9.59 Å². The fourth-order valence-corrected chi connectivity index (χ4v) is 2.62. The predicted molar refractivity (Wildman–Crippen MR) is 68.0 cm³/mol. The number of rotatable bonds is 4. The van der Waals surface area contributed by atoms with Gasteiger partial charge in [-0.3, -0.25) is 9.69 Å². The quantitative estimate of drug-likeness (QED) is 0.725. The average molecular weight is 271 g/mol. The summed E-state index contributed by atoms with van der Waals surface area (Å²) in [7, 11) is 1.46. The molecule has 7 heteroatoms. The molecule has 0 bridgehead atoms. The molecule has 0 spiro atoms. The van der Waals surface area contributed by atoms with Gasteiger partial charge in [0.2, 0.25) is 0 Å². The van der Waals surface area contributed by atoms with Crippen molar-refractivity contribution in [3.8, 4) is 0 Å². The van der Waals surface area contributed by atoms with E-state index in [1.807, 2.05) is 0 Å². The molecular formula is C12H21N3O4. The van der Waals surface area contributed by atoms with E-state index >= 15 is 0 Å². The fraction of sp³-hybridized carbons (Fsp3) is 0.833. The minimum Gasteiger partial charge on any atom is -0.480 e. The molecule has 0 aromatic carbocycles. The summed E-state index contributed by atoms with van der Waals surface area (Å²) in [6, 6.07) is 0.163. The van der Waals surface area contributed by atoms with Gasteiger partial charge >= 0.3 is 12.0 Å². The van der Waals surface area contributed by atoms with Crippen LogP contribution < -0.4 is 5.32 Å². The van der Waals surface area contributed by atoms with Gasteiger partial charge < -0.3 is 20.1 Å². The van der Waals surface area contributed by atoms with Crippen LogP contribution in [0.3, 0.4) is 0 Å². The van der Waals surface area contributed by atoms with Gasteiger partial charge in [-0.1, -0.05) is 0 Å². The summed E-state index contributed by atoms with van der Waals surface area (Å²) in [5, 5.41) is 11.3. The van der Waals surface area contributed by atoms with E-state index in [4.69, 9.17) is 9.84 Å². The molecule has 2 atom stereocenters. The van der Waals surface area contributed by atoms with Crippen molar-refractivity contribution in [2.24, 2.45) is 0 Å². The van der Waals surface area contributed by atoms with E-state index in [-0.39, 0.29) is 18.7 Å². The molecular weight excluding hydrogens is 250 g/mol. The Kier molecular flexibility index (Phi) is 4.60. The largest absolute Gasteiger partial charge is 0.480 e. The molecule has 2 aliphatic heterocycles. The summed E-state index contributed by atoms with van der Waals surface area (Å²) in [5.41, 5.74) is 0. The number of nitrogens with one attached hydrogen (secondary N) is 1. The molecule has 2 rings (SSSR count). The Hall–Kier alpha value is -1.34. The standard InChI is InChI=1S/C12H21N3O4/c1-14(7-11(16)17)12(18)13-5-10-6-15-4-2-3-9(15)8-19-10/h9-10H,2-8H2,1H3,(H,13,18)(H,16,17). The molecule has 2 heterocycles. The minimum absolute atomic E-state index is 0.00321. The monoisotopic (exact) mass is 271 g/mol. The fourth-order valence-electron chi connectivity index (χ4n) is 2.62. The van der Waals surface area contributed by atoms with Crippen LogP contribution in [-0.2, 0) is 9.53 Å². The van der Waals surface area contributed by atoms with Crippen LogP contribution in [0.15, 0.2) is 0 Å². The zero-order chi connectivity index (χ0) is 13.8. The first-order valence-electron chi connectivity index (χ1n) is 6.62. The molecule has 2 fully saturated rings. The Morgan fingerprint density at radius 1 is 1.53 bits per heavy atom. The molecule has 108 valence electrons. The van der Waals surface area contributed by atoms with Gasteiger partial charge in [0.25, 0.3) is 0 Å². The number of carbonyl (C=O) groups excluding carboxylic acids is 1. The van der Waals surface area contributed by atoms with Gasteiger partial charge in [0.1, 0.15) is 6.54 Å². The van der Waals surface area contributed by atoms with Crippen molar-refractivity contribution in [1.29, 1.82) is 0 Å². The Morgan fingerprint density at radius 3 is 3.05 bits per heavy atom. The van der Waals surface area contributed by atoms with Crippen LogP contribution in [-0.4, -0.2) is 78.9 Å². The molecule has 0 aromatic rings. The summed E-state index contributed by atoms with van der Waals surface area (Å²) in [6.45, 7) is 2.80. The molecule has 2 saturated heterocycles. The highest BCUT2D eigenvalue weighted by Gasteiger charge is 2.32. The number of carboxylic acids is 1. The summed E-state index contributed by atoms with van der Waals surface area (Å²) < 4.78 is 5.71. The Bertz CT molecular complexity index is 350. The Morgan fingerprint density at radius 2 is 2.32 bits per heavy atom. The van der Waals surface area contributed by atoms with Gasteiger partial charge in [0, 0.05) is 26.2 Å². The predicted octanol–water partition coefficient (Wildman–Crippen LogP) is -0.424. The third-order valence-electron chi connectivity index (χ3n) is 3.66. The summed E-state index contributed by atoms with van der Waals surface area (Å²) in [4.78, 5) is 25.7. The lowest BCUT2D eigenvalue weighted by Gasteiger charge is -2.35. The van der Waals surface area contributed by atoms with E-state index in [2.05, 4.69) is 10.2 Å². The van der Waals surface area contributed by atoms with Crippen LogP contribution in [0, 0.1) is 0 Å². The molecule has 7 nitrogen and oxygen atoms in total. The summed E-state index contributed by atoms with van der Waals surface area (Å²) >= 11 is 0. The number of likely N-dealkylation sites (N-methyl/N-ethyl adjacent to an activating group) is 1. The van der Waals surface area contributed by atoms with Crippen molar-refractivity contribution in [2.45, 2.75) is 25.0 Å². The van der Waals surface area contributed by atoms with Crippen LogP contribution in [0.1, 0.15) is 12.8 Å². The minimum atomic E-state index is -1.02. The van der Waals surface area contributed by atoms with Crippen LogP contribution in [0.5, 0.6) is 0 Å². The molecule has 2 amide bonds. The first-order chi connectivity index (χ1) is 9.06. The van der Waals surface area contributed by atoms with E-state index in [1.165, 1.54) is 19.9 Å². The second-order valence-corrected chi connectivity index (χ2v) is 5.18. The first kappa shape index (κ1) is 14.1. The number of carboxylic acid groups (broad SMARTS) is 1. The van der Waals surface area contributed by atoms with Crippen LogP contribution in [0.25, 0.3) is 0 Å². The van der Waals surface area contributed by atoms with Crippen molar-refractivity contribution in [2.75, 3.05) is 39.8 Å². The highest BCUT2D eigenvalue weighted by Crippen LogP contribution is 2.22. The van der Waals surface area contributed by atoms with Crippen molar-refractivity contribution in [3.63, 3.8) is 0 Å². The summed E-state index contributed by atoms with van der Waals surface area (Å²) in [6.07, 6.45) is 2.41. The highest BCUT2D eigenvalue weighted by molar-refractivity contribution is 5.79. The molecule has 0 radical (unpaired) electrons. The first-order valence-corrected chi connectivity index (χ1v) is 6.62. The van der Waals surface area contributed by atoms with E-state index in [0.29, 0.717) is 12.6 Å². The number of aliphatic carboxylic acids is 1. The van der Waals surface area contributed by atoms with E-state index in [0.717, 1.165) is 24.6 Å². The van der Waals surface area contributed by atoms with Gasteiger partial charge in [0.15, 0.2) is 0 Å². The number of fused-ring (bicyclic) bond motifs is 1. The normalized spacial score (nSPS) is 26.8. The maximum atomic E-state index is 11.6. The third-order valence-corrected chi connectivity index (χ3v) is 3.66. The number of hydrogen-bond acceptors (Lipinski definition) is 4. The second kappa shape index (κ2) is 6.21. The van der Waals surface area contributed by atoms with Gasteiger partial charge in [-0.15, -0.1) is 0 Å². The number of amides is 2. The lowest BCUT2D eigenvalue weighted by Crippen LogP contribution is -2.51. The molecule has 2 aliphatic rings. The summed E-state index contributed by atoms with van der Waals surface area (Å²) in [5.74, 6) is -1.02. The molecule has 0 aliphatic carbocycles. The number of nitrogens with zero attached hydrogens (tertiary/aromatic N) is 2. The maximum absolute atomic E-state index is 11.6. The van der Waals surface area contributed by atoms with E-state index in [1.54, 1.807) is 0 Å². The highest BCUT2D eigenvalue weighted by atomic mass is 16.5. The van der Waals surface area contributed by atoms with Crippen molar-refractivity contribution in [1.82, 2.24) is 15.1 Å². The van der Waals surface area contributed by atoms with Crippen LogP contribution in [0.4, 0.5) is 4.79 Å². The Labute approximate surface area is 112 Å². The molecule has 0 aromatic heterocycles. The SMILES string of the molecule is CN(CC(=O)O)C(=O)NCC1CN2CCCC2CO1. The van der Waals surface area contributed by atoms with Crippen molar-refractivity contribution >= 4 is 12.0 Å². The van der Waals surface area contributed by atoms with Gasteiger partial charge in [-0.05, 0) is 19.4 Å². The number of carbonyl (C=O) groups is 2. The smallest absolute Gasteiger partial charge is 0.323 e. The maximum Gasteiger partial charge on any atom is 0.323 e. The second-order valence-electron chi connectivity index (χ2n) is 5.18. The molecule has 0 saturated carbocycles. The van der Waals surface area contributed by atoms with Crippen LogP contribution in [0.2, 0.25) is 0 Å². The topological polar surface area (TPSA) is 82.1 Å². The Balaban J connectivity index is 1.70. The molecule has 2 N–H and O–H groups in total. The number of hydrogen-bond donors (Lipinski definition) is 2. The van der Waals surface area contributed by atoms with E-state index < -0.39 is 5.97 Å². The van der Waals surface area contributed by atoms with Gasteiger partial charge in [-0.2, -0.15) is 0 Å². The molecule has 19 heavy (non-hydrogen) atoms. The number of urea groups is 1. The molecule has 2 unspecified atom stereocenters. The zero-order valence-corrected chi connectivity index (χ0v) is 11.2.